The lowest BCUT2D eigenvalue weighted by molar-refractivity contribution is 0.259. The Hall–Kier alpha value is -0.540. The zero-order chi connectivity index (χ0) is 11.4. The van der Waals surface area contributed by atoms with Crippen LogP contribution in [0, 0.1) is 13.8 Å². The molecule has 0 aliphatic heterocycles. The van der Waals surface area contributed by atoms with Gasteiger partial charge in [-0.1, -0.05) is 6.07 Å². The number of aryl methyl sites for hydroxylation is 2. The lowest BCUT2D eigenvalue weighted by atomic mass is 10.1. The average molecular weight is 272 g/mol. The highest BCUT2D eigenvalue weighted by molar-refractivity contribution is 9.10. The standard InChI is InChI=1S/C12H18BrNO/c1-9-7-10(2)12(11(13)8-9)15-6-5-14(3)4/h7-8H,5-6H2,1-4H3. The average Bonchev–Trinajstić information content (AvgIpc) is 2.08. The largest absolute Gasteiger partial charge is 0.491 e. The first kappa shape index (κ1) is 12.5. The number of likely N-dealkylation sites (N-methyl/N-ethyl adjacent to an activating group) is 1. The van der Waals surface area contributed by atoms with E-state index in [2.05, 4.69) is 46.8 Å². The smallest absolute Gasteiger partial charge is 0.136 e. The Balaban J connectivity index is 2.68. The summed E-state index contributed by atoms with van der Waals surface area (Å²) in [5, 5.41) is 0. The molecule has 0 N–H and O–H groups in total. The fraction of sp³-hybridized carbons (Fsp3) is 0.500. The Bertz CT molecular complexity index is 313. The second-order valence-electron chi connectivity index (χ2n) is 4.04. The maximum absolute atomic E-state index is 5.74. The van der Waals surface area contributed by atoms with Crippen LogP contribution in [0.1, 0.15) is 11.1 Å². The normalized spacial score (nSPS) is 10.8. The summed E-state index contributed by atoms with van der Waals surface area (Å²) in [6.45, 7) is 5.80. The first-order chi connectivity index (χ1) is 7.00. The zero-order valence-corrected chi connectivity index (χ0v) is 11.4. The molecular formula is C12H18BrNO. The molecule has 0 saturated carbocycles. The summed E-state index contributed by atoms with van der Waals surface area (Å²) >= 11 is 3.53. The van der Waals surface area contributed by atoms with Gasteiger partial charge in [-0.25, -0.2) is 0 Å². The molecule has 0 fully saturated rings. The summed E-state index contributed by atoms with van der Waals surface area (Å²) in [6, 6.07) is 4.22. The third-order valence-corrected chi connectivity index (χ3v) is 2.75. The SMILES string of the molecule is Cc1cc(C)c(OCCN(C)C)c(Br)c1. The Morgan fingerprint density at radius 2 is 1.93 bits per heavy atom. The van der Waals surface area contributed by atoms with Gasteiger partial charge in [0.05, 0.1) is 4.47 Å². The fourth-order valence-corrected chi connectivity index (χ4v) is 2.20. The maximum Gasteiger partial charge on any atom is 0.136 e. The van der Waals surface area contributed by atoms with Crippen LogP contribution in [-0.4, -0.2) is 32.1 Å². The molecule has 0 aromatic heterocycles. The maximum atomic E-state index is 5.74. The summed E-state index contributed by atoms with van der Waals surface area (Å²) in [5.74, 6) is 0.961. The van der Waals surface area contributed by atoms with Crippen molar-refractivity contribution in [2.45, 2.75) is 13.8 Å². The highest BCUT2D eigenvalue weighted by Crippen LogP contribution is 2.29. The number of benzene rings is 1. The Morgan fingerprint density at radius 3 is 2.47 bits per heavy atom. The fourth-order valence-electron chi connectivity index (χ4n) is 1.42. The van der Waals surface area contributed by atoms with Crippen molar-refractivity contribution in [3.8, 4) is 5.75 Å². The van der Waals surface area contributed by atoms with Crippen LogP contribution in [0.15, 0.2) is 16.6 Å². The quantitative estimate of drug-likeness (QED) is 0.835. The van der Waals surface area contributed by atoms with Gasteiger partial charge in [0.1, 0.15) is 12.4 Å². The molecule has 15 heavy (non-hydrogen) atoms. The van der Waals surface area contributed by atoms with Gasteiger partial charge < -0.3 is 9.64 Å². The van der Waals surface area contributed by atoms with Crippen molar-refractivity contribution in [2.75, 3.05) is 27.2 Å². The van der Waals surface area contributed by atoms with Gasteiger partial charge >= 0.3 is 0 Å². The molecule has 1 aromatic rings. The summed E-state index contributed by atoms with van der Waals surface area (Å²) in [6.07, 6.45) is 0. The summed E-state index contributed by atoms with van der Waals surface area (Å²) in [4.78, 5) is 2.11. The van der Waals surface area contributed by atoms with Crippen LogP contribution in [0.3, 0.4) is 0 Å². The van der Waals surface area contributed by atoms with Gasteiger partial charge in [0.25, 0.3) is 0 Å². The summed E-state index contributed by atoms with van der Waals surface area (Å²) in [5.41, 5.74) is 2.43. The van der Waals surface area contributed by atoms with Crippen LogP contribution in [0.25, 0.3) is 0 Å². The van der Waals surface area contributed by atoms with E-state index in [0.29, 0.717) is 0 Å². The molecule has 0 radical (unpaired) electrons. The van der Waals surface area contributed by atoms with E-state index in [4.69, 9.17) is 4.74 Å². The van der Waals surface area contributed by atoms with Gasteiger partial charge in [0.15, 0.2) is 0 Å². The van der Waals surface area contributed by atoms with Crippen LogP contribution in [0.5, 0.6) is 5.75 Å². The number of nitrogens with zero attached hydrogens (tertiary/aromatic N) is 1. The second kappa shape index (κ2) is 5.52. The van der Waals surface area contributed by atoms with Crippen LogP contribution < -0.4 is 4.74 Å². The molecule has 0 spiro atoms. The van der Waals surface area contributed by atoms with Gasteiger partial charge in [0, 0.05) is 6.54 Å². The van der Waals surface area contributed by atoms with E-state index in [1.165, 1.54) is 11.1 Å². The first-order valence-corrected chi connectivity index (χ1v) is 5.84. The van der Waals surface area contributed by atoms with Crippen molar-refractivity contribution in [3.63, 3.8) is 0 Å². The molecule has 0 saturated heterocycles. The Kier molecular flexibility index (Phi) is 4.61. The van der Waals surface area contributed by atoms with Gasteiger partial charge in [-0.2, -0.15) is 0 Å². The van der Waals surface area contributed by atoms with Crippen molar-refractivity contribution in [2.24, 2.45) is 0 Å². The minimum absolute atomic E-state index is 0.718. The van der Waals surface area contributed by atoms with E-state index >= 15 is 0 Å². The van der Waals surface area contributed by atoms with Crippen LogP contribution in [-0.2, 0) is 0 Å². The van der Waals surface area contributed by atoms with E-state index < -0.39 is 0 Å². The predicted octanol–water partition coefficient (Wildman–Crippen LogP) is 3.01. The van der Waals surface area contributed by atoms with Crippen molar-refractivity contribution in [1.29, 1.82) is 0 Å². The Morgan fingerprint density at radius 1 is 1.27 bits per heavy atom. The van der Waals surface area contributed by atoms with E-state index in [1.54, 1.807) is 0 Å². The van der Waals surface area contributed by atoms with Crippen molar-refractivity contribution < 1.29 is 4.74 Å². The molecule has 1 aromatic carbocycles. The molecule has 2 nitrogen and oxygen atoms in total. The molecule has 0 atom stereocenters. The van der Waals surface area contributed by atoms with E-state index in [1.807, 2.05) is 14.1 Å². The third kappa shape index (κ3) is 3.84. The number of rotatable bonds is 4. The van der Waals surface area contributed by atoms with Gasteiger partial charge in [-0.15, -0.1) is 0 Å². The molecule has 0 amide bonds. The molecular weight excluding hydrogens is 254 g/mol. The summed E-state index contributed by atoms with van der Waals surface area (Å²) < 4.78 is 6.79. The van der Waals surface area contributed by atoms with Crippen LogP contribution in [0.2, 0.25) is 0 Å². The second-order valence-corrected chi connectivity index (χ2v) is 4.90. The van der Waals surface area contributed by atoms with Gasteiger partial charge in [-0.3, -0.25) is 0 Å². The topological polar surface area (TPSA) is 12.5 Å². The molecule has 0 unspecified atom stereocenters. The molecule has 1 rings (SSSR count). The molecule has 0 aliphatic rings. The van der Waals surface area contributed by atoms with E-state index in [9.17, 15) is 0 Å². The minimum Gasteiger partial charge on any atom is -0.491 e. The Labute approximate surface area is 100 Å². The lowest BCUT2D eigenvalue weighted by Gasteiger charge is -2.14. The summed E-state index contributed by atoms with van der Waals surface area (Å²) in [7, 11) is 4.08. The van der Waals surface area contributed by atoms with Crippen LogP contribution in [0.4, 0.5) is 0 Å². The molecule has 0 aliphatic carbocycles. The molecule has 3 heteroatoms. The highest BCUT2D eigenvalue weighted by Gasteiger charge is 2.05. The van der Waals surface area contributed by atoms with Crippen molar-refractivity contribution in [1.82, 2.24) is 4.90 Å². The number of hydrogen-bond donors (Lipinski definition) is 0. The molecule has 0 bridgehead atoms. The van der Waals surface area contributed by atoms with Crippen LogP contribution >= 0.6 is 15.9 Å². The minimum atomic E-state index is 0.718. The van der Waals surface area contributed by atoms with E-state index in [0.717, 1.165) is 23.4 Å². The first-order valence-electron chi connectivity index (χ1n) is 5.05. The van der Waals surface area contributed by atoms with E-state index in [-0.39, 0.29) is 0 Å². The van der Waals surface area contributed by atoms with Gasteiger partial charge in [-0.05, 0) is 61.1 Å². The third-order valence-electron chi connectivity index (χ3n) is 2.16. The van der Waals surface area contributed by atoms with Gasteiger partial charge in [0.2, 0.25) is 0 Å². The predicted molar refractivity (Wildman–Crippen MR) is 67.7 cm³/mol. The van der Waals surface area contributed by atoms with Crippen molar-refractivity contribution >= 4 is 15.9 Å². The highest BCUT2D eigenvalue weighted by atomic mass is 79.9. The lowest BCUT2D eigenvalue weighted by Crippen LogP contribution is -2.19. The molecule has 0 heterocycles. The number of halogens is 1. The molecule has 84 valence electrons. The number of hydrogen-bond acceptors (Lipinski definition) is 2. The zero-order valence-electron chi connectivity index (χ0n) is 9.80. The monoisotopic (exact) mass is 271 g/mol. The number of ether oxygens (including phenoxy) is 1. The van der Waals surface area contributed by atoms with Crippen molar-refractivity contribution in [3.05, 3.63) is 27.7 Å².